The molecule has 0 aliphatic rings. The summed E-state index contributed by atoms with van der Waals surface area (Å²) in [6, 6.07) is 4.46. The Morgan fingerprint density at radius 2 is 1.68 bits per heavy atom. The van der Waals surface area contributed by atoms with Crippen molar-refractivity contribution in [2.24, 2.45) is 0 Å². The van der Waals surface area contributed by atoms with Gasteiger partial charge in [-0.25, -0.2) is 14.6 Å². The van der Waals surface area contributed by atoms with Crippen LogP contribution in [0, 0.1) is 0 Å². The van der Waals surface area contributed by atoms with Gasteiger partial charge >= 0.3 is 18.1 Å². The smallest absolute Gasteiger partial charge is 0.481 e. The van der Waals surface area contributed by atoms with Crippen molar-refractivity contribution >= 4 is 17.9 Å². The Labute approximate surface area is 179 Å². The van der Waals surface area contributed by atoms with Crippen molar-refractivity contribution in [1.82, 2.24) is 15.0 Å². The molecule has 1 unspecified atom stereocenters. The van der Waals surface area contributed by atoms with E-state index in [1.54, 1.807) is 32.0 Å². The van der Waals surface area contributed by atoms with Gasteiger partial charge in [-0.2, -0.15) is 9.97 Å². The highest BCUT2D eigenvalue weighted by Crippen LogP contribution is 2.28. The summed E-state index contributed by atoms with van der Waals surface area (Å²) in [7, 11) is 6.35. The zero-order valence-corrected chi connectivity index (χ0v) is 18.1. The SMILES string of the molecule is CCOC(=O)OC(C)OC(=O)c1nc(N(C)C)ccc1Oc1nc(OC)cc(OC)n1. The molecule has 0 radical (unpaired) electrons. The van der Waals surface area contributed by atoms with Crippen LogP contribution in [-0.2, 0) is 14.2 Å². The first-order valence-electron chi connectivity index (χ1n) is 9.15. The lowest BCUT2D eigenvalue weighted by Gasteiger charge is -2.17. The molecule has 1 atom stereocenters. The fraction of sp³-hybridized carbons (Fsp3) is 0.421. The van der Waals surface area contributed by atoms with Gasteiger partial charge in [0.2, 0.25) is 18.1 Å². The van der Waals surface area contributed by atoms with Gasteiger partial charge in [0.15, 0.2) is 11.4 Å². The number of hydrogen-bond donors (Lipinski definition) is 0. The van der Waals surface area contributed by atoms with Crippen molar-refractivity contribution < 1.29 is 38.0 Å². The maximum absolute atomic E-state index is 12.7. The number of methoxy groups -OCH3 is 2. The standard InChI is InChI=1S/C19H24N4O8/c1-7-28-19(25)30-11(2)29-17(24)16-12(8-9-13(20-16)23(3)4)31-18-21-14(26-5)10-15(22-18)27-6/h8-11H,7H2,1-6H3. The maximum atomic E-state index is 12.7. The van der Waals surface area contributed by atoms with Crippen LogP contribution in [0.15, 0.2) is 18.2 Å². The van der Waals surface area contributed by atoms with Crippen LogP contribution in [0.4, 0.5) is 10.6 Å². The van der Waals surface area contributed by atoms with E-state index >= 15 is 0 Å². The maximum Gasteiger partial charge on any atom is 0.511 e. The van der Waals surface area contributed by atoms with E-state index in [2.05, 4.69) is 19.7 Å². The second-order valence-corrected chi connectivity index (χ2v) is 6.02. The van der Waals surface area contributed by atoms with Crippen LogP contribution in [-0.4, -0.2) is 68.3 Å². The molecular weight excluding hydrogens is 412 g/mol. The number of anilines is 1. The van der Waals surface area contributed by atoms with Crippen molar-refractivity contribution in [2.45, 2.75) is 20.1 Å². The molecule has 0 aliphatic carbocycles. The van der Waals surface area contributed by atoms with Crippen LogP contribution in [0.3, 0.4) is 0 Å². The molecule has 2 aromatic heterocycles. The molecule has 0 aromatic carbocycles. The van der Waals surface area contributed by atoms with Gasteiger partial charge in [-0.05, 0) is 19.1 Å². The molecule has 0 saturated carbocycles. The minimum absolute atomic E-state index is 0.00856. The van der Waals surface area contributed by atoms with E-state index in [0.717, 1.165) is 0 Å². The third kappa shape index (κ3) is 6.59. The van der Waals surface area contributed by atoms with Gasteiger partial charge in [-0.3, -0.25) is 0 Å². The molecule has 0 saturated heterocycles. The highest BCUT2D eigenvalue weighted by atomic mass is 16.8. The van der Waals surface area contributed by atoms with Gasteiger partial charge in [0, 0.05) is 21.0 Å². The van der Waals surface area contributed by atoms with E-state index in [1.807, 2.05) is 0 Å². The van der Waals surface area contributed by atoms with Crippen LogP contribution in [0.2, 0.25) is 0 Å². The molecule has 168 valence electrons. The number of pyridine rings is 1. The summed E-state index contributed by atoms with van der Waals surface area (Å²) >= 11 is 0. The normalized spacial score (nSPS) is 11.2. The fourth-order valence-electron chi connectivity index (χ4n) is 2.17. The average Bonchev–Trinajstić information content (AvgIpc) is 2.73. The Morgan fingerprint density at radius 3 is 2.23 bits per heavy atom. The molecule has 12 nitrogen and oxygen atoms in total. The summed E-state index contributed by atoms with van der Waals surface area (Å²) in [6.07, 6.45) is -2.19. The zero-order chi connectivity index (χ0) is 23.0. The predicted octanol–water partition coefficient (Wildman–Crippen LogP) is 2.42. The second-order valence-electron chi connectivity index (χ2n) is 6.02. The van der Waals surface area contributed by atoms with E-state index < -0.39 is 18.4 Å². The van der Waals surface area contributed by atoms with Crippen LogP contribution in [0.1, 0.15) is 24.3 Å². The van der Waals surface area contributed by atoms with Gasteiger partial charge in [-0.1, -0.05) is 0 Å². The first-order chi connectivity index (χ1) is 14.8. The lowest BCUT2D eigenvalue weighted by Crippen LogP contribution is -2.23. The predicted molar refractivity (Wildman–Crippen MR) is 107 cm³/mol. The molecule has 2 rings (SSSR count). The highest BCUT2D eigenvalue weighted by molar-refractivity contribution is 5.91. The number of hydrogen-bond acceptors (Lipinski definition) is 12. The van der Waals surface area contributed by atoms with Crippen molar-refractivity contribution in [3.05, 3.63) is 23.9 Å². The van der Waals surface area contributed by atoms with E-state index in [4.69, 9.17) is 23.7 Å². The molecule has 0 aliphatic heterocycles. The van der Waals surface area contributed by atoms with Crippen molar-refractivity contribution in [3.63, 3.8) is 0 Å². The third-order valence-electron chi connectivity index (χ3n) is 3.57. The minimum Gasteiger partial charge on any atom is -0.481 e. The van der Waals surface area contributed by atoms with Gasteiger partial charge in [0.05, 0.1) is 26.9 Å². The summed E-state index contributed by atoms with van der Waals surface area (Å²) in [5, 5.41) is 0. The number of rotatable bonds is 9. The second kappa shape index (κ2) is 10.8. The van der Waals surface area contributed by atoms with Gasteiger partial charge in [-0.15, -0.1) is 0 Å². The summed E-state index contributed by atoms with van der Waals surface area (Å²) < 4.78 is 30.5. The van der Waals surface area contributed by atoms with E-state index in [0.29, 0.717) is 5.82 Å². The summed E-state index contributed by atoms with van der Waals surface area (Å²) in [5.74, 6) is -0.0392. The molecule has 0 N–H and O–H groups in total. The van der Waals surface area contributed by atoms with Gasteiger partial charge in [0.1, 0.15) is 5.82 Å². The van der Waals surface area contributed by atoms with Crippen molar-refractivity contribution in [3.8, 4) is 23.5 Å². The number of nitrogens with zero attached hydrogens (tertiary/aromatic N) is 4. The lowest BCUT2D eigenvalue weighted by atomic mass is 10.3. The molecule has 0 fully saturated rings. The minimum atomic E-state index is -1.22. The number of carbonyl (C=O) groups is 2. The number of carbonyl (C=O) groups excluding carboxylic acids is 2. The van der Waals surface area contributed by atoms with Crippen LogP contribution in [0.25, 0.3) is 0 Å². The third-order valence-corrected chi connectivity index (χ3v) is 3.57. The number of aromatic nitrogens is 3. The lowest BCUT2D eigenvalue weighted by molar-refractivity contribution is -0.0814. The van der Waals surface area contributed by atoms with Gasteiger partial charge in [0.25, 0.3) is 0 Å². The quantitative estimate of drug-likeness (QED) is 0.422. The van der Waals surface area contributed by atoms with Crippen LogP contribution in [0.5, 0.6) is 23.5 Å². The van der Waals surface area contributed by atoms with E-state index in [1.165, 1.54) is 33.3 Å². The Morgan fingerprint density at radius 1 is 1.03 bits per heavy atom. The molecular formula is C19H24N4O8. The zero-order valence-electron chi connectivity index (χ0n) is 18.1. The molecule has 12 heteroatoms. The van der Waals surface area contributed by atoms with E-state index in [-0.39, 0.29) is 35.8 Å². The average molecular weight is 436 g/mol. The molecule has 31 heavy (non-hydrogen) atoms. The molecule has 0 spiro atoms. The Bertz CT molecular complexity index is 900. The molecule has 2 heterocycles. The first kappa shape index (κ1) is 23.4. The Balaban J connectivity index is 2.32. The summed E-state index contributed by atoms with van der Waals surface area (Å²) in [4.78, 5) is 38.2. The fourth-order valence-corrected chi connectivity index (χ4v) is 2.17. The van der Waals surface area contributed by atoms with Gasteiger partial charge < -0.3 is 33.3 Å². The van der Waals surface area contributed by atoms with Crippen molar-refractivity contribution in [1.29, 1.82) is 0 Å². The van der Waals surface area contributed by atoms with Crippen molar-refractivity contribution in [2.75, 3.05) is 39.8 Å². The van der Waals surface area contributed by atoms with Crippen LogP contribution >= 0.6 is 0 Å². The molecule has 0 amide bonds. The van der Waals surface area contributed by atoms with Crippen LogP contribution < -0.4 is 19.1 Å². The number of ether oxygens (including phenoxy) is 6. The monoisotopic (exact) mass is 436 g/mol. The number of esters is 1. The molecule has 2 aromatic rings. The Hall–Kier alpha value is -3.83. The topological polar surface area (TPSA) is 131 Å². The first-order valence-corrected chi connectivity index (χ1v) is 9.15. The largest absolute Gasteiger partial charge is 0.511 e. The summed E-state index contributed by atoms with van der Waals surface area (Å²) in [6.45, 7) is 3.10. The highest BCUT2D eigenvalue weighted by Gasteiger charge is 2.23. The molecule has 0 bridgehead atoms. The van der Waals surface area contributed by atoms with E-state index in [9.17, 15) is 9.59 Å². The Kier molecular flexibility index (Phi) is 8.17. The summed E-state index contributed by atoms with van der Waals surface area (Å²) in [5.41, 5.74) is -0.184.